The SMILES string of the molecule is NCC1(NS(=O)(=O)NC2CC2)CCCCCC1. The van der Waals surface area contributed by atoms with Gasteiger partial charge in [-0.15, -0.1) is 0 Å². The van der Waals surface area contributed by atoms with Crippen LogP contribution in [0.1, 0.15) is 51.4 Å². The van der Waals surface area contributed by atoms with E-state index in [2.05, 4.69) is 9.44 Å². The number of hydrogen-bond acceptors (Lipinski definition) is 3. The van der Waals surface area contributed by atoms with E-state index in [1.54, 1.807) is 0 Å². The van der Waals surface area contributed by atoms with E-state index in [0.29, 0.717) is 6.54 Å². The van der Waals surface area contributed by atoms with E-state index in [0.717, 1.165) is 38.5 Å². The zero-order chi connectivity index (χ0) is 12.4. The van der Waals surface area contributed by atoms with Crippen molar-refractivity contribution in [3.63, 3.8) is 0 Å². The number of nitrogens with one attached hydrogen (secondary N) is 2. The molecule has 2 rings (SSSR count). The number of hydrogen-bond donors (Lipinski definition) is 3. The van der Waals surface area contributed by atoms with Gasteiger partial charge in [-0.2, -0.15) is 17.9 Å². The van der Waals surface area contributed by atoms with E-state index in [1.165, 1.54) is 12.8 Å². The second-order valence-corrected chi connectivity index (χ2v) is 6.84. The third-order valence-corrected chi connectivity index (χ3v) is 5.05. The minimum Gasteiger partial charge on any atom is -0.329 e. The van der Waals surface area contributed by atoms with Gasteiger partial charge in [0.2, 0.25) is 0 Å². The topological polar surface area (TPSA) is 84.2 Å². The van der Waals surface area contributed by atoms with Gasteiger partial charge in [-0.3, -0.25) is 0 Å². The van der Waals surface area contributed by atoms with Gasteiger partial charge in [-0.25, -0.2) is 0 Å². The second-order valence-electron chi connectivity index (χ2n) is 5.40. The summed E-state index contributed by atoms with van der Waals surface area (Å²) >= 11 is 0. The van der Waals surface area contributed by atoms with Gasteiger partial charge in [0.05, 0.1) is 0 Å². The van der Waals surface area contributed by atoms with Gasteiger partial charge in [0.15, 0.2) is 0 Å². The standard InChI is InChI=1S/C11H23N3O2S/c12-9-11(7-3-1-2-4-8-11)14-17(15,16)13-10-5-6-10/h10,13-14H,1-9,12H2. The van der Waals surface area contributed by atoms with Crippen molar-refractivity contribution in [2.24, 2.45) is 5.73 Å². The van der Waals surface area contributed by atoms with Crippen LogP contribution < -0.4 is 15.2 Å². The maximum atomic E-state index is 11.9. The van der Waals surface area contributed by atoms with E-state index in [9.17, 15) is 8.42 Å². The van der Waals surface area contributed by atoms with Crippen molar-refractivity contribution in [1.82, 2.24) is 9.44 Å². The van der Waals surface area contributed by atoms with Crippen molar-refractivity contribution in [3.05, 3.63) is 0 Å². The van der Waals surface area contributed by atoms with Crippen LogP contribution in [0.25, 0.3) is 0 Å². The van der Waals surface area contributed by atoms with Crippen molar-refractivity contribution in [2.45, 2.75) is 62.9 Å². The van der Waals surface area contributed by atoms with Crippen molar-refractivity contribution in [2.75, 3.05) is 6.54 Å². The Morgan fingerprint density at radius 3 is 2.18 bits per heavy atom. The van der Waals surface area contributed by atoms with E-state index >= 15 is 0 Å². The molecule has 0 atom stereocenters. The predicted molar refractivity (Wildman–Crippen MR) is 67.7 cm³/mol. The van der Waals surface area contributed by atoms with Gasteiger partial charge in [0, 0.05) is 18.1 Å². The fourth-order valence-corrected chi connectivity index (χ4v) is 4.08. The Bertz CT molecular complexity index is 344. The van der Waals surface area contributed by atoms with E-state index in [-0.39, 0.29) is 6.04 Å². The molecular formula is C11H23N3O2S. The molecule has 4 N–H and O–H groups in total. The summed E-state index contributed by atoms with van der Waals surface area (Å²) < 4.78 is 29.4. The Hall–Kier alpha value is -0.170. The van der Waals surface area contributed by atoms with Crippen LogP contribution in [0.15, 0.2) is 0 Å². The molecule has 0 aromatic carbocycles. The molecule has 0 saturated heterocycles. The van der Waals surface area contributed by atoms with Crippen molar-refractivity contribution >= 4 is 10.2 Å². The lowest BCUT2D eigenvalue weighted by molar-refractivity contribution is 0.340. The normalized spacial score (nSPS) is 25.5. The van der Waals surface area contributed by atoms with E-state index < -0.39 is 15.7 Å². The highest BCUT2D eigenvalue weighted by molar-refractivity contribution is 7.87. The predicted octanol–water partition coefficient (Wildman–Crippen LogP) is 0.624. The van der Waals surface area contributed by atoms with Crippen LogP contribution in [-0.2, 0) is 10.2 Å². The Balaban J connectivity index is 2.00. The average molecular weight is 261 g/mol. The molecular weight excluding hydrogens is 238 g/mol. The van der Waals surface area contributed by atoms with Gasteiger partial charge in [-0.1, -0.05) is 25.7 Å². The summed E-state index contributed by atoms with van der Waals surface area (Å²) in [5.74, 6) is 0. The molecule has 6 heteroatoms. The Kier molecular flexibility index (Phi) is 4.07. The first-order chi connectivity index (χ1) is 8.05. The van der Waals surface area contributed by atoms with E-state index in [4.69, 9.17) is 5.73 Å². The largest absolute Gasteiger partial charge is 0.329 e. The molecule has 2 aliphatic carbocycles. The van der Waals surface area contributed by atoms with Crippen LogP contribution in [0.2, 0.25) is 0 Å². The fourth-order valence-electron chi connectivity index (χ4n) is 2.49. The highest BCUT2D eigenvalue weighted by atomic mass is 32.2. The molecule has 2 aliphatic rings. The van der Waals surface area contributed by atoms with Gasteiger partial charge in [0.1, 0.15) is 0 Å². The Morgan fingerprint density at radius 1 is 1.12 bits per heavy atom. The van der Waals surface area contributed by atoms with Crippen LogP contribution >= 0.6 is 0 Å². The molecule has 17 heavy (non-hydrogen) atoms. The van der Waals surface area contributed by atoms with Gasteiger partial charge in [-0.05, 0) is 25.7 Å². The first-order valence-corrected chi connectivity index (χ1v) is 8.05. The van der Waals surface area contributed by atoms with Crippen molar-refractivity contribution < 1.29 is 8.42 Å². The molecule has 2 fully saturated rings. The van der Waals surface area contributed by atoms with Crippen LogP contribution in [-0.4, -0.2) is 26.5 Å². The molecule has 100 valence electrons. The average Bonchev–Trinajstić information content (AvgIpc) is 3.05. The lowest BCUT2D eigenvalue weighted by Crippen LogP contribution is -2.56. The Labute approximate surface area is 104 Å². The molecule has 0 amide bonds. The monoisotopic (exact) mass is 261 g/mol. The molecule has 0 bridgehead atoms. The van der Waals surface area contributed by atoms with Crippen LogP contribution in [0, 0.1) is 0 Å². The lowest BCUT2D eigenvalue weighted by atomic mass is 9.92. The van der Waals surface area contributed by atoms with E-state index in [1.807, 2.05) is 0 Å². The summed E-state index contributed by atoms with van der Waals surface area (Å²) in [7, 11) is -3.38. The summed E-state index contributed by atoms with van der Waals surface area (Å²) in [6.45, 7) is 0.387. The lowest BCUT2D eigenvalue weighted by Gasteiger charge is -2.32. The summed E-state index contributed by atoms with van der Waals surface area (Å²) in [4.78, 5) is 0. The van der Waals surface area contributed by atoms with Gasteiger partial charge >= 0.3 is 0 Å². The number of rotatable bonds is 5. The third-order valence-electron chi connectivity index (χ3n) is 3.70. The first kappa shape index (κ1) is 13.3. The molecule has 0 aliphatic heterocycles. The second kappa shape index (κ2) is 5.22. The quantitative estimate of drug-likeness (QED) is 0.634. The molecule has 2 saturated carbocycles. The first-order valence-electron chi connectivity index (χ1n) is 6.57. The molecule has 0 aromatic heterocycles. The van der Waals surface area contributed by atoms with Gasteiger partial charge in [0.25, 0.3) is 10.2 Å². The minimum absolute atomic E-state index is 0.146. The maximum absolute atomic E-state index is 11.9. The van der Waals surface area contributed by atoms with Crippen LogP contribution in [0.3, 0.4) is 0 Å². The van der Waals surface area contributed by atoms with Crippen LogP contribution in [0.5, 0.6) is 0 Å². The van der Waals surface area contributed by atoms with Crippen molar-refractivity contribution in [1.29, 1.82) is 0 Å². The third kappa shape index (κ3) is 3.91. The fraction of sp³-hybridized carbons (Fsp3) is 1.00. The molecule has 0 spiro atoms. The number of nitrogens with two attached hydrogens (primary N) is 1. The molecule has 5 nitrogen and oxygen atoms in total. The molecule has 0 radical (unpaired) electrons. The smallest absolute Gasteiger partial charge is 0.277 e. The molecule has 0 aromatic rings. The van der Waals surface area contributed by atoms with Crippen LogP contribution in [0.4, 0.5) is 0 Å². The summed E-state index contributed by atoms with van der Waals surface area (Å²) in [5.41, 5.74) is 5.39. The minimum atomic E-state index is -3.38. The molecule has 0 unspecified atom stereocenters. The van der Waals surface area contributed by atoms with Gasteiger partial charge < -0.3 is 5.73 Å². The zero-order valence-corrected chi connectivity index (χ0v) is 11.1. The Morgan fingerprint density at radius 2 is 1.71 bits per heavy atom. The van der Waals surface area contributed by atoms with Crippen molar-refractivity contribution in [3.8, 4) is 0 Å². The zero-order valence-electron chi connectivity index (χ0n) is 10.2. The highest BCUT2D eigenvalue weighted by Gasteiger charge is 2.36. The summed E-state index contributed by atoms with van der Waals surface area (Å²) in [5, 5.41) is 0. The summed E-state index contributed by atoms with van der Waals surface area (Å²) in [6.07, 6.45) is 8.10. The molecule has 0 heterocycles. The maximum Gasteiger partial charge on any atom is 0.277 e. The highest BCUT2D eigenvalue weighted by Crippen LogP contribution is 2.27. The summed E-state index contributed by atoms with van der Waals surface area (Å²) in [6, 6.07) is 0.146.